The van der Waals surface area contributed by atoms with Crippen LogP contribution >= 0.6 is 0 Å². The lowest BCUT2D eigenvalue weighted by Crippen LogP contribution is -2.05. The standard InChI is InChI=1S/C11H13NO2/c1-7(2)9-5-4-8(12)6-10(9)11(13)14-3/h4-6H,1,12H2,2-3H3. The van der Waals surface area contributed by atoms with Crippen molar-refractivity contribution in [3.8, 4) is 0 Å². The van der Waals surface area contributed by atoms with E-state index in [0.717, 1.165) is 11.1 Å². The second kappa shape index (κ2) is 3.96. The van der Waals surface area contributed by atoms with Crippen molar-refractivity contribution < 1.29 is 9.53 Å². The zero-order valence-corrected chi connectivity index (χ0v) is 8.33. The van der Waals surface area contributed by atoms with Gasteiger partial charge in [-0.25, -0.2) is 4.79 Å². The lowest BCUT2D eigenvalue weighted by molar-refractivity contribution is 0.0600. The predicted octanol–water partition coefficient (Wildman–Crippen LogP) is 2.09. The van der Waals surface area contributed by atoms with Crippen LogP contribution in [0.25, 0.3) is 5.57 Å². The summed E-state index contributed by atoms with van der Waals surface area (Å²) in [6.07, 6.45) is 0. The largest absolute Gasteiger partial charge is 0.465 e. The minimum atomic E-state index is -0.393. The van der Waals surface area contributed by atoms with Gasteiger partial charge in [-0.05, 0) is 24.6 Å². The molecule has 1 rings (SSSR count). The zero-order chi connectivity index (χ0) is 10.7. The van der Waals surface area contributed by atoms with E-state index in [-0.39, 0.29) is 0 Å². The van der Waals surface area contributed by atoms with Gasteiger partial charge in [0, 0.05) is 5.69 Å². The maximum atomic E-state index is 11.4. The Bertz CT molecular complexity index is 383. The van der Waals surface area contributed by atoms with E-state index in [1.807, 2.05) is 6.92 Å². The van der Waals surface area contributed by atoms with Gasteiger partial charge >= 0.3 is 5.97 Å². The van der Waals surface area contributed by atoms with E-state index in [2.05, 4.69) is 11.3 Å². The minimum absolute atomic E-state index is 0.393. The molecule has 74 valence electrons. The molecule has 0 aliphatic carbocycles. The molecular formula is C11H13NO2. The highest BCUT2D eigenvalue weighted by atomic mass is 16.5. The van der Waals surface area contributed by atoms with Crippen LogP contribution in [0, 0.1) is 0 Å². The van der Waals surface area contributed by atoms with E-state index in [4.69, 9.17) is 5.73 Å². The number of ether oxygens (including phenoxy) is 1. The number of benzene rings is 1. The summed E-state index contributed by atoms with van der Waals surface area (Å²) in [6.45, 7) is 5.62. The van der Waals surface area contributed by atoms with Gasteiger partial charge in [-0.15, -0.1) is 0 Å². The van der Waals surface area contributed by atoms with Gasteiger partial charge in [0.15, 0.2) is 0 Å². The van der Waals surface area contributed by atoms with Gasteiger partial charge in [-0.1, -0.05) is 18.2 Å². The Balaban J connectivity index is 3.29. The van der Waals surface area contributed by atoms with E-state index < -0.39 is 5.97 Å². The first-order valence-corrected chi connectivity index (χ1v) is 4.20. The first-order chi connectivity index (χ1) is 6.56. The summed E-state index contributed by atoms with van der Waals surface area (Å²) in [5, 5.41) is 0. The summed E-state index contributed by atoms with van der Waals surface area (Å²) in [6, 6.07) is 5.09. The van der Waals surface area contributed by atoms with Crippen molar-refractivity contribution in [1.82, 2.24) is 0 Å². The Morgan fingerprint density at radius 1 is 1.43 bits per heavy atom. The number of anilines is 1. The smallest absolute Gasteiger partial charge is 0.338 e. The zero-order valence-electron chi connectivity index (χ0n) is 8.33. The molecule has 0 heterocycles. The average Bonchev–Trinajstić information content (AvgIpc) is 2.16. The first-order valence-electron chi connectivity index (χ1n) is 4.20. The number of carbonyl (C=O) groups is 1. The fourth-order valence-electron chi connectivity index (χ4n) is 1.21. The van der Waals surface area contributed by atoms with Crippen LogP contribution < -0.4 is 5.73 Å². The Morgan fingerprint density at radius 3 is 2.57 bits per heavy atom. The van der Waals surface area contributed by atoms with Crippen molar-refractivity contribution >= 4 is 17.2 Å². The van der Waals surface area contributed by atoms with E-state index in [1.165, 1.54) is 7.11 Å². The van der Waals surface area contributed by atoms with Gasteiger partial charge in [-0.3, -0.25) is 0 Å². The third-order valence-corrected chi connectivity index (χ3v) is 1.91. The maximum Gasteiger partial charge on any atom is 0.338 e. The SMILES string of the molecule is C=C(C)c1ccc(N)cc1C(=O)OC. The number of hydrogen-bond acceptors (Lipinski definition) is 3. The van der Waals surface area contributed by atoms with E-state index in [0.29, 0.717) is 11.3 Å². The normalized spacial score (nSPS) is 9.57. The molecule has 0 radical (unpaired) electrons. The molecule has 0 unspecified atom stereocenters. The molecule has 3 nitrogen and oxygen atoms in total. The van der Waals surface area contributed by atoms with E-state index in [1.54, 1.807) is 18.2 Å². The molecule has 1 aromatic rings. The Labute approximate surface area is 83.2 Å². The van der Waals surface area contributed by atoms with Crippen LogP contribution in [0.15, 0.2) is 24.8 Å². The fraction of sp³-hybridized carbons (Fsp3) is 0.182. The fourth-order valence-corrected chi connectivity index (χ4v) is 1.21. The molecule has 0 saturated heterocycles. The molecular weight excluding hydrogens is 178 g/mol. The van der Waals surface area contributed by atoms with Crippen LogP contribution in [0.4, 0.5) is 5.69 Å². The highest BCUT2D eigenvalue weighted by Gasteiger charge is 2.12. The third kappa shape index (κ3) is 1.93. The van der Waals surface area contributed by atoms with Crippen molar-refractivity contribution in [2.75, 3.05) is 12.8 Å². The number of rotatable bonds is 2. The first kappa shape index (κ1) is 10.3. The average molecular weight is 191 g/mol. The Kier molecular flexibility index (Phi) is 2.92. The molecule has 0 fully saturated rings. The van der Waals surface area contributed by atoms with Crippen molar-refractivity contribution in [3.63, 3.8) is 0 Å². The second-order valence-electron chi connectivity index (χ2n) is 3.08. The van der Waals surface area contributed by atoms with Crippen LogP contribution in [0.2, 0.25) is 0 Å². The molecule has 0 bridgehead atoms. The van der Waals surface area contributed by atoms with Crippen molar-refractivity contribution in [1.29, 1.82) is 0 Å². The number of nitrogen functional groups attached to an aromatic ring is 1. The topological polar surface area (TPSA) is 52.3 Å². The van der Waals surface area contributed by atoms with Gasteiger partial charge < -0.3 is 10.5 Å². The number of esters is 1. The highest BCUT2D eigenvalue weighted by Crippen LogP contribution is 2.20. The predicted molar refractivity (Wildman–Crippen MR) is 56.9 cm³/mol. The van der Waals surface area contributed by atoms with Gasteiger partial charge in [0.2, 0.25) is 0 Å². The quantitative estimate of drug-likeness (QED) is 0.575. The van der Waals surface area contributed by atoms with Crippen LogP contribution in [0.1, 0.15) is 22.8 Å². The summed E-state index contributed by atoms with van der Waals surface area (Å²) in [5.41, 5.74) is 8.16. The number of nitrogens with two attached hydrogens (primary N) is 1. The van der Waals surface area contributed by atoms with Crippen molar-refractivity contribution in [2.45, 2.75) is 6.92 Å². The lowest BCUT2D eigenvalue weighted by atomic mass is 10.0. The minimum Gasteiger partial charge on any atom is -0.465 e. The number of carbonyl (C=O) groups excluding carboxylic acids is 1. The van der Waals surface area contributed by atoms with Gasteiger partial charge in [0.25, 0.3) is 0 Å². The van der Waals surface area contributed by atoms with Gasteiger partial charge in [-0.2, -0.15) is 0 Å². The molecule has 1 aromatic carbocycles. The molecule has 0 aliphatic rings. The van der Waals surface area contributed by atoms with Crippen LogP contribution in [-0.2, 0) is 4.74 Å². The number of methoxy groups -OCH3 is 1. The molecule has 3 heteroatoms. The number of allylic oxidation sites excluding steroid dienone is 1. The van der Waals surface area contributed by atoms with Gasteiger partial charge in [0.05, 0.1) is 12.7 Å². The summed E-state index contributed by atoms with van der Waals surface area (Å²) in [4.78, 5) is 11.4. The Hall–Kier alpha value is -1.77. The molecule has 0 atom stereocenters. The molecule has 0 amide bonds. The third-order valence-electron chi connectivity index (χ3n) is 1.91. The molecule has 0 saturated carbocycles. The number of hydrogen-bond donors (Lipinski definition) is 1. The molecule has 2 N–H and O–H groups in total. The summed E-state index contributed by atoms with van der Waals surface area (Å²) in [7, 11) is 1.34. The summed E-state index contributed by atoms with van der Waals surface area (Å²) >= 11 is 0. The molecule has 0 spiro atoms. The maximum absolute atomic E-state index is 11.4. The molecule has 0 aromatic heterocycles. The van der Waals surface area contributed by atoms with Crippen LogP contribution in [-0.4, -0.2) is 13.1 Å². The molecule has 14 heavy (non-hydrogen) atoms. The van der Waals surface area contributed by atoms with Crippen molar-refractivity contribution in [2.24, 2.45) is 0 Å². The lowest BCUT2D eigenvalue weighted by Gasteiger charge is -2.07. The van der Waals surface area contributed by atoms with E-state index >= 15 is 0 Å². The highest BCUT2D eigenvalue weighted by molar-refractivity contribution is 5.96. The van der Waals surface area contributed by atoms with Crippen molar-refractivity contribution in [3.05, 3.63) is 35.9 Å². The Morgan fingerprint density at radius 2 is 2.07 bits per heavy atom. The van der Waals surface area contributed by atoms with E-state index in [9.17, 15) is 4.79 Å². The monoisotopic (exact) mass is 191 g/mol. The molecule has 0 aliphatic heterocycles. The second-order valence-corrected chi connectivity index (χ2v) is 3.08. The van der Waals surface area contributed by atoms with Crippen LogP contribution in [0.3, 0.4) is 0 Å². The summed E-state index contributed by atoms with van der Waals surface area (Å²) < 4.78 is 4.65. The van der Waals surface area contributed by atoms with Crippen LogP contribution in [0.5, 0.6) is 0 Å². The van der Waals surface area contributed by atoms with Gasteiger partial charge in [0.1, 0.15) is 0 Å². The summed E-state index contributed by atoms with van der Waals surface area (Å²) in [5.74, 6) is -0.393.